The van der Waals surface area contributed by atoms with Crippen LogP contribution < -0.4 is 20.8 Å². The number of nitrogens with one attached hydrogen (secondary N) is 3. The molecule has 0 radical (unpaired) electrons. The van der Waals surface area contributed by atoms with Gasteiger partial charge in [0.2, 0.25) is 17.7 Å². The standard InChI is InChI=1S/C51H62FN9O11S3/c1-51(2,30-44(62)57-56-42-16-26-75(69,70)43-28-37(9-10-38(42)43)71-24-4-6-48(66)72-61-46(64)11-12-47(61)65)74-73-25-15-45(63)59-22-20-58(21-23-59)36-13-18-60(19-14-36)50(68)54-32-34-7-8-35(27-41(34)52)55-49(67)40-29-39(40)33-5-3-17-53-31-33/h3,5,7-10,17,27-28,31,36,39-40H,4,6,11-16,18-26,29-30,32H2,1-2H3,(H,54,68)(H,55,67)(H,57,62)/b56-42+/t39-,40+/m1/s1. The fourth-order valence-corrected chi connectivity index (χ4v) is 13.5. The van der Waals surface area contributed by atoms with Crippen molar-refractivity contribution >= 4 is 84.4 Å². The predicted octanol–water partition coefficient (Wildman–Crippen LogP) is 5.19. The number of sulfone groups is 1. The number of rotatable bonds is 20. The molecule has 2 aromatic carbocycles. The second-order valence-electron chi connectivity index (χ2n) is 19.7. The number of nitrogens with zero attached hydrogens (tertiary/aromatic N) is 6. The highest BCUT2D eigenvalue weighted by Crippen LogP contribution is 2.47. The average Bonchev–Trinajstić information content (AvgIpc) is 4.15. The summed E-state index contributed by atoms with van der Waals surface area (Å²) >= 11 is 0. The van der Waals surface area contributed by atoms with Gasteiger partial charge in [-0.05, 0) is 87.4 Å². The maximum Gasteiger partial charge on any atom is 0.333 e. The van der Waals surface area contributed by atoms with Crippen LogP contribution in [0.5, 0.6) is 5.75 Å². The van der Waals surface area contributed by atoms with Gasteiger partial charge in [-0.25, -0.2) is 27.8 Å². The first kappa shape index (κ1) is 55.1. The first-order valence-electron chi connectivity index (χ1n) is 25.2. The van der Waals surface area contributed by atoms with Crippen LogP contribution in [0.1, 0.15) is 101 Å². The molecule has 20 nitrogen and oxygen atoms in total. The molecule has 0 spiro atoms. The molecule has 402 valence electrons. The molecule has 4 aliphatic heterocycles. The lowest BCUT2D eigenvalue weighted by molar-refractivity contribution is -0.197. The largest absolute Gasteiger partial charge is 0.494 e. The molecule has 1 saturated carbocycles. The minimum Gasteiger partial charge on any atom is -0.494 e. The number of hydrogen-bond acceptors (Lipinski definition) is 16. The van der Waals surface area contributed by atoms with Gasteiger partial charge in [-0.1, -0.05) is 33.7 Å². The highest BCUT2D eigenvalue weighted by atomic mass is 33.1. The number of ether oxygens (including phenoxy) is 1. The molecule has 1 aliphatic carbocycles. The maximum absolute atomic E-state index is 15.0. The average molecular weight is 1090 g/mol. The van der Waals surface area contributed by atoms with Gasteiger partial charge in [0.25, 0.3) is 11.8 Å². The fraction of sp³-hybridized carbons (Fsp3) is 0.510. The highest BCUT2D eigenvalue weighted by Gasteiger charge is 2.44. The maximum atomic E-state index is 15.0. The summed E-state index contributed by atoms with van der Waals surface area (Å²) in [5.41, 5.74) is 5.05. The Morgan fingerprint density at radius 1 is 0.920 bits per heavy atom. The summed E-state index contributed by atoms with van der Waals surface area (Å²) in [6.45, 7) is 7.76. The third kappa shape index (κ3) is 14.8. The minimum absolute atomic E-state index is 0.00825. The van der Waals surface area contributed by atoms with Gasteiger partial charge >= 0.3 is 12.0 Å². The first-order chi connectivity index (χ1) is 35.9. The van der Waals surface area contributed by atoms with E-state index in [1.54, 1.807) is 41.6 Å². The Bertz CT molecular complexity index is 2770. The van der Waals surface area contributed by atoms with Crippen LogP contribution in [-0.2, 0) is 50.0 Å². The lowest BCUT2D eigenvalue weighted by atomic mass is 10.0. The molecule has 3 saturated heterocycles. The van der Waals surface area contributed by atoms with Crippen LogP contribution in [0.3, 0.4) is 0 Å². The topological polar surface area (TPSA) is 246 Å². The van der Waals surface area contributed by atoms with E-state index >= 15 is 4.39 Å². The molecule has 0 bridgehead atoms. The molecule has 1 aromatic heterocycles. The van der Waals surface area contributed by atoms with Crippen molar-refractivity contribution in [3.05, 3.63) is 83.4 Å². The van der Waals surface area contributed by atoms with Gasteiger partial charge in [-0.2, -0.15) is 5.10 Å². The Kier molecular flexibility index (Phi) is 18.2. The van der Waals surface area contributed by atoms with Crippen molar-refractivity contribution < 1.29 is 55.9 Å². The lowest BCUT2D eigenvalue weighted by Crippen LogP contribution is -2.55. The molecule has 24 heteroatoms. The fourth-order valence-electron chi connectivity index (χ4n) is 9.47. The number of pyridine rings is 1. The predicted molar refractivity (Wildman–Crippen MR) is 278 cm³/mol. The van der Waals surface area contributed by atoms with Gasteiger partial charge < -0.3 is 30.0 Å². The van der Waals surface area contributed by atoms with Crippen LogP contribution in [0.25, 0.3) is 0 Å². The monoisotopic (exact) mass is 1090 g/mol. The number of urea groups is 1. The summed E-state index contributed by atoms with van der Waals surface area (Å²) in [7, 11) is -0.635. The summed E-state index contributed by atoms with van der Waals surface area (Å²) in [6.07, 6.45) is 6.37. The van der Waals surface area contributed by atoms with Crippen molar-refractivity contribution in [2.45, 2.75) is 106 Å². The van der Waals surface area contributed by atoms with Crippen LogP contribution in [0.2, 0.25) is 0 Å². The second kappa shape index (κ2) is 24.7. The number of fused-ring (bicyclic) bond motifs is 1. The van der Waals surface area contributed by atoms with E-state index in [1.165, 1.54) is 33.7 Å². The van der Waals surface area contributed by atoms with E-state index in [2.05, 4.69) is 31.0 Å². The number of halogens is 1. The van der Waals surface area contributed by atoms with Crippen molar-refractivity contribution in [1.82, 2.24) is 35.5 Å². The number of amides is 7. The van der Waals surface area contributed by atoms with Gasteiger partial charge in [0.15, 0.2) is 9.84 Å². The summed E-state index contributed by atoms with van der Waals surface area (Å²) in [4.78, 5) is 103. The van der Waals surface area contributed by atoms with E-state index in [1.807, 2.05) is 30.9 Å². The van der Waals surface area contributed by atoms with E-state index in [9.17, 15) is 42.0 Å². The molecular weight excluding hydrogens is 1030 g/mol. The third-order valence-electron chi connectivity index (χ3n) is 13.7. The van der Waals surface area contributed by atoms with Crippen LogP contribution in [0, 0.1) is 11.7 Å². The molecule has 4 fully saturated rings. The quantitative estimate of drug-likeness (QED) is 0.0571. The summed E-state index contributed by atoms with van der Waals surface area (Å²) < 4.78 is 46.3. The SMILES string of the molecule is CC(C)(CC(=O)N/N=C1\CCS(=O)(=O)c2cc(OCCCC(=O)ON3C(=O)CCC3=O)ccc21)SSCCC(=O)N1CCN(C2CCN(C(=O)NCc3ccc(NC(=O)[C@H]4C[C@@H]4c4cccnc4)cc3F)CC2)CC1. The minimum atomic E-state index is -3.67. The molecule has 3 N–H and O–H groups in total. The molecule has 5 heterocycles. The number of carbonyl (C=O) groups is 7. The van der Waals surface area contributed by atoms with Gasteiger partial charge in [0, 0.05) is 130 Å². The van der Waals surface area contributed by atoms with Gasteiger partial charge in [-0.3, -0.25) is 33.9 Å². The Labute approximate surface area is 442 Å². The Morgan fingerprint density at radius 3 is 2.40 bits per heavy atom. The van der Waals surface area contributed by atoms with E-state index < -0.39 is 38.2 Å². The summed E-state index contributed by atoms with van der Waals surface area (Å²) in [5, 5.41) is 10.4. The number of anilines is 1. The number of benzene rings is 2. The Balaban J connectivity index is 0.681. The van der Waals surface area contributed by atoms with Crippen molar-refractivity contribution in [3.63, 3.8) is 0 Å². The molecule has 0 unspecified atom stereocenters. The number of piperidine rings is 1. The number of carbonyl (C=O) groups excluding carboxylic acids is 7. The van der Waals surface area contributed by atoms with Crippen LogP contribution in [0.4, 0.5) is 14.9 Å². The zero-order valence-corrected chi connectivity index (χ0v) is 44.4. The summed E-state index contributed by atoms with van der Waals surface area (Å²) in [6, 6.07) is 12.9. The number of hydrogen-bond donors (Lipinski definition) is 3. The molecule has 5 aliphatic rings. The Morgan fingerprint density at radius 2 is 1.68 bits per heavy atom. The first-order valence-corrected chi connectivity index (χ1v) is 29.2. The van der Waals surface area contributed by atoms with Crippen molar-refractivity contribution in [2.24, 2.45) is 11.0 Å². The normalized spacial score (nSPS) is 20.4. The van der Waals surface area contributed by atoms with Crippen molar-refractivity contribution in [2.75, 3.05) is 62.7 Å². The van der Waals surface area contributed by atoms with Gasteiger partial charge in [-0.15, -0.1) is 5.06 Å². The van der Waals surface area contributed by atoms with Gasteiger partial charge in [0.1, 0.15) is 11.6 Å². The number of piperazine rings is 1. The van der Waals surface area contributed by atoms with Crippen molar-refractivity contribution in [3.8, 4) is 5.75 Å². The molecule has 3 aromatic rings. The van der Waals surface area contributed by atoms with E-state index in [-0.39, 0.29) is 104 Å². The molecular formula is C51H62FN9O11S3. The van der Waals surface area contributed by atoms with Crippen LogP contribution >= 0.6 is 21.6 Å². The van der Waals surface area contributed by atoms with Gasteiger partial charge in [0.05, 0.1) is 29.4 Å². The number of imide groups is 1. The molecule has 2 atom stereocenters. The van der Waals surface area contributed by atoms with Crippen LogP contribution in [0.15, 0.2) is 70.9 Å². The van der Waals surface area contributed by atoms with E-state index in [0.29, 0.717) is 72.0 Å². The van der Waals surface area contributed by atoms with E-state index in [4.69, 9.17) is 9.57 Å². The molecule has 8 rings (SSSR count). The number of hydrazone groups is 1. The molecule has 75 heavy (non-hydrogen) atoms. The summed E-state index contributed by atoms with van der Waals surface area (Å²) in [5.74, 6) is -2.30. The van der Waals surface area contributed by atoms with Crippen molar-refractivity contribution in [1.29, 1.82) is 0 Å². The lowest BCUT2D eigenvalue weighted by Gasteiger charge is -2.42. The number of hydroxylamine groups is 2. The highest BCUT2D eigenvalue weighted by molar-refractivity contribution is 8.77. The van der Waals surface area contributed by atoms with Crippen LogP contribution in [-0.4, -0.2) is 149 Å². The molecule has 7 amide bonds. The smallest absolute Gasteiger partial charge is 0.333 e. The second-order valence-corrected chi connectivity index (χ2v) is 24.9. The zero-order valence-electron chi connectivity index (χ0n) is 41.9. The van der Waals surface area contributed by atoms with E-state index in [0.717, 1.165) is 37.9 Å². The number of likely N-dealkylation sites (tertiary alicyclic amines) is 1. The zero-order chi connectivity index (χ0) is 53.3. The Hall–Kier alpha value is -6.11. The third-order valence-corrected chi connectivity index (χ3v) is 18.8. The number of aromatic nitrogens is 1.